The van der Waals surface area contributed by atoms with Gasteiger partial charge < -0.3 is 9.64 Å². The van der Waals surface area contributed by atoms with Gasteiger partial charge in [-0.05, 0) is 62.1 Å². The lowest BCUT2D eigenvalue weighted by molar-refractivity contribution is 0.0734. The van der Waals surface area contributed by atoms with E-state index in [9.17, 15) is 4.79 Å². The third-order valence-electron chi connectivity index (χ3n) is 6.10. The van der Waals surface area contributed by atoms with E-state index in [2.05, 4.69) is 0 Å². The number of benzene rings is 3. The van der Waals surface area contributed by atoms with E-state index in [4.69, 9.17) is 33.0 Å². The van der Waals surface area contributed by atoms with Gasteiger partial charge in [-0.15, -0.1) is 0 Å². The second-order valence-electron chi connectivity index (χ2n) is 8.76. The van der Waals surface area contributed by atoms with Crippen LogP contribution >= 0.6 is 23.2 Å². The van der Waals surface area contributed by atoms with Gasteiger partial charge in [-0.1, -0.05) is 65.7 Å². The lowest BCUT2D eigenvalue weighted by Crippen LogP contribution is -2.33. The highest BCUT2D eigenvalue weighted by atomic mass is 35.5. The predicted octanol–water partition coefficient (Wildman–Crippen LogP) is 7.33. The molecule has 0 saturated heterocycles. The van der Waals surface area contributed by atoms with Crippen LogP contribution in [0.3, 0.4) is 0 Å². The molecule has 0 atom stereocenters. The van der Waals surface area contributed by atoms with E-state index in [1.807, 2.05) is 72.5 Å². The van der Waals surface area contributed by atoms with E-state index in [1.165, 1.54) is 0 Å². The lowest BCUT2D eigenvalue weighted by Gasteiger charge is -2.24. The summed E-state index contributed by atoms with van der Waals surface area (Å²) in [6.45, 7) is 2.94. The third kappa shape index (κ3) is 5.21. The van der Waals surface area contributed by atoms with Crippen LogP contribution in [-0.2, 0) is 6.54 Å². The molecule has 1 aromatic heterocycles. The normalized spacial score (nSPS) is 13.0. The quantitative estimate of drug-likeness (QED) is 0.251. The smallest absolute Gasteiger partial charge is 0.255 e. The summed E-state index contributed by atoms with van der Waals surface area (Å²) in [5.74, 6) is 1.46. The van der Waals surface area contributed by atoms with Gasteiger partial charge in [0.05, 0.1) is 39.1 Å². The summed E-state index contributed by atoms with van der Waals surface area (Å²) in [6, 6.07) is 24.3. The minimum atomic E-state index is -0.0990. The highest BCUT2D eigenvalue weighted by Crippen LogP contribution is 2.36. The molecule has 0 spiro atoms. The zero-order valence-electron chi connectivity index (χ0n) is 19.3. The second-order valence-corrected chi connectivity index (χ2v) is 9.57. The standard InChI is InChI=1S/C28H25Cl2N3O2/c1-19-23(18-32(17-20-15-16-20)27(34)22-11-5-6-12-24(22)29)28(35-26-14-8-7-13-25(26)30)33(31-19)21-9-3-2-4-10-21/h2-14,20H,15-18H2,1H3. The summed E-state index contributed by atoms with van der Waals surface area (Å²) in [4.78, 5) is 15.5. The van der Waals surface area contributed by atoms with Gasteiger partial charge in [0.1, 0.15) is 5.75 Å². The number of aryl methyl sites for hydroxylation is 1. The number of para-hydroxylation sites is 2. The Kier molecular flexibility index (Phi) is 6.80. The van der Waals surface area contributed by atoms with Crippen LogP contribution in [0, 0.1) is 12.8 Å². The zero-order valence-corrected chi connectivity index (χ0v) is 20.8. The number of halogens is 2. The lowest BCUT2D eigenvalue weighted by atomic mass is 10.1. The Bertz CT molecular complexity index is 1350. The van der Waals surface area contributed by atoms with Crippen molar-refractivity contribution in [3.8, 4) is 17.3 Å². The van der Waals surface area contributed by atoms with Crippen LogP contribution in [-0.4, -0.2) is 27.1 Å². The van der Waals surface area contributed by atoms with Gasteiger partial charge in [0.25, 0.3) is 5.91 Å². The van der Waals surface area contributed by atoms with E-state index in [0.717, 1.165) is 29.8 Å². The maximum absolute atomic E-state index is 13.6. The molecule has 5 rings (SSSR count). The largest absolute Gasteiger partial charge is 0.437 e. The Labute approximate surface area is 214 Å². The fourth-order valence-corrected chi connectivity index (χ4v) is 4.42. The molecule has 0 bridgehead atoms. The molecule has 1 aliphatic rings. The highest BCUT2D eigenvalue weighted by molar-refractivity contribution is 6.33. The summed E-state index contributed by atoms with van der Waals surface area (Å²) in [7, 11) is 0. The van der Waals surface area contributed by atoms with Crippen molar-refractivity contribution in [3.63, 3.8) is 0 Å². The van der Waals surface area contributed by atoms with Gasteiger partial charge >= 0.3 is 0 Å². The van der Waals surface area contributed by atoms with Crippen molar-refractivity contribution in [2.75, 3.05) is 6.54 Å². The molecule has 0 unspecified atom stereocenters. The number of nitrogens with zero attached hydrogens (tertiary/aromatic N) is 3. The van der Waals surface area contributed by atoms with Crippen molar-refractivity contribution < 1.29 is 9.53 Å². The maximum atomic E-state index is 13.6. The molecule has 0 aliphatic heterocycles. The van der Waals surface area contributed by atoms with Crippen LogP contribution in [0.1, 0.15) is 34.5 Å². The number of aromatic nitrogens is 2. The van der Waals surface area contributed by atoms with Gasteiger partial charge in [-0.25, -0.2) is 4.68 Å². The number of hydrogen-bond donors (Lipinski definition) is 0. The summed E-state index contributed by atoms with van der Waals surface area (Å²) >= 11 is 12.8. The van der Waals surface area contributed by atoms with Crippen molar-refractivity contribution in [1.29, 1.82) is 0 Å². The molecular formula is C28H25Cl2N3O2. The molecule has 3 aromatic carbocycles. The Hall–Kier alpha value is -3.28. The fourth-order valence-electron chi connectivity index (χ4n) is 4.03. The first-order valence-electron chi connectivity index (χ1n) is 11.6. The van der Waals surface area contributed by atoms with Gasteiger partial charge in [0.15, 0.2) is 0 Å². The monoisotopic (exact) mass is 505 g/mol. The SMILES string of the molecule is Cc1nn(-c2ccccc2)c(Oc2ccccc2Cl)c1CN(CC1CC1)C(=O)c1ccccc1Cl. The Balaban J connectivity index is 1.56. The zero-order chi connectivity index (χ0) is 24.4. The molecule has 1 amide bonds. The molecule has 5 nitrogen and oxygen atoms in total. The Morgan fingerprint density at radius 2 is 1.63 bits per heavy atom. The number of rotatable bonds is 8. The Morgan fingerprint density at radius 3 is 2.31 bits per heavy atom. The first-order valence-corrected chi connectivity index (χ1v) is 12.4. The summed E-state index contributed by atoms with van der Waals surface area (Å²) in [5, 5.41) is 5.73. The fraction of sp³-hybridized carbons (Fsp3) is 0.214. The molecule has 178 valence electrons. The molecule has 35 heavy (non-hydrogen) atoms. The Morgan fingerprint density at radius 1 is 0.971 bits per heavy atom. The predicted molar refractivity (Wildman–Crippen MR) is 139 cm³/mol. The molecule has 0 radical (unpaired) electrons. The molecule has 1 fully saturated rings. The van der Waals surface area contributed by atoms with Crippen molar-refractivity contribution in [2.45, 2.75) is 26.3 Å². The van der Waals surface area contributed by atoms with E-state index in [1.54, 1.807) is 22.9 Å². The average molecular weight is 506 g/mol. The van der Waals surface area contributed by atoms with Crippen molar-refractivity contribution in [3.05, 3.63) is 106 Å². The van der Waals surface area contributed by atoms with Gasteiger partial charge in [0.2, 0.25) is 5.88 Å². The van der Waals surface area contributed by atoms with Crippen LogP contribution in [0.2, 0.25) is 10.0 Å². The molecular weight excluding hydrogens is 481 g/mol. The van der Waals surface area contributed by atoms with Gasteiger partial charge in [-0.2, -0.15) is 5.10 Å². The topological polar surface area (TPSA) is 47.4 Å². The van der Waals surface area contributed by atoms with Crippen molar-refractivity contribution >= 4 is 29.1 Å². The minimum absolute atomic E-state index is 0.0990. The van der Waals surface area contributed by atoms with E-state index >= 15 is 0 Å². The number of ether oxygens (including phenoxy) is 1. The molecule has 1 aliphatic carbocycles. The van der Waals surface area contributed by atoms with Crippen molar-refractivity contribution in [2.24, 2.45) is 5.92 Å². The average Bonchev–Trinajstić information content (AvgIpc) is 3.64. The van der Waals surface area contributed by atoms with E-state index in [0.29, 0.717) is 46.2 Å². The molecule has 0 N–H and O–H groups in total. The highest BCUT2D eigenvalue weighted by Gasteiger charge is 2.30. The summed E-state index contributed by atoms with van der Waals surface area (Å²) in [6.07, 6.45) is 2.25. The number of hydrogen-bond acceptors (Lipinski definition) is 3. The van der Waals surface area contributed by atoms with Crippen LogP contribution in [0.4, 0.5) is 0 Å². The first-order chi connectivity index (χ1) is 17.0. The molecule has 7 heteroatoms. The molecule has 1 saturated carbocycles. The number of carbonyl (C=O) groups excluding carboxylic acids is 1. The third-order valence-corrected chi connectivity index (χ3v) is 6.74. The van der Waals surface area contributed by atoms with Crippen LogP contribution < -0.4 is 4.74 Å². The number of carbonyl (C=O) groups is 1. The van der Waals surface area contributed by atoms with Crippen LogP contribution in [0.15, 0.2) is 78.9 Å². The minimum Gasteiger partial charge on any atom is -0.437 e. The van der Waals surface area contributed by atoms with Gasteiger partial charge in [-0.3, -0.25) is 4.79 Å². The molecule has 4 aromatic rings. The molecule has 1 heterocycles. The van der Waals surface area contributed by atoms with E-state index < -0.39 is 0 Å². The maximum Gasteiger partial charge on any atom is 0.255 e. The van der Waals surface area contributed by atoms with Gasteiger partial charge in [0, 0.05) is 6.54 Å². The van der Waals surface area contributed by atoms with Crippen LogP contribution in [0.25, 0.3) is 5.69 Å². The van der Waals surface area contributed by atoms with E-state index in [-0.39, 0.29) is 5.91 Å². The second kappa shape index (κ2) is 10.1. The van der Waals surface area contributed by atoms with Crippen LogP contribution in [0.5, 0.6) is 11.6 Å². The first kappa shape index (κ1) is 23.5. The van der Waals surface area contributed by atoms with Crippen molar-refractivity contribution in [1.82, 2.24) is 14.7 Å². The summed E-state index contributed by atoms with van der Waals surface area (Å²) in [5.41, 5.74) is 2.96. The summed E-state index contributed by atoms with van der Waals surface area (Å²) < 4.78 is 8.15. The number of amides is 1.